The highest BCUT2D eigenvalue weighted by Crippen LogP contribution is 2.39. The molecule has 0 amide bonds. The van der Waals surface area contributed by atoms with Crippen molar-refractivity contribution in [1.29, 1.82) is 0 Å². The van der Waals surface area contributed by atoms with Crippen molar-refractivity contribution in [3.63, 3.8) is 0 Å². The Morgan fingerprint density at radius 3 is 2.94 bits per heavy atom. The number of hydrogen-bond acceptors (Lipinski definition) is 5. The molecule has 0 saturated heterocycles. The van der Waals surface area contributed by atoms with Crippen LogP contribution in [-0.4, -0.2) is 6.54 Å². The summed E-state index contributed by atoms with van der Waals surface area (Å²) >= 11 is 6.05. The van der Waals surface area contributed by atoms with Crippen LogP contribution in [0.3, 0.4) is 0 Å². The van der Waals surface area contributed by atoms with Gasteiger partial charge in [0.05, 0.1) is 0 Å². The van der Waals surface area contributed by atoms with Gasteiger partial charge in [-0.15, -0.1) is 0 Å². The summed E-state index contributed by atoms with van der Waals surface area (Å²) in [5.41, 5.74) is 3.95. The van der Waals surface area contributed by atoms with Crippen molar-refractivity contribution in [1.82, 2.24) is 5.48 Å². The zero-order valence-corrected chi connectivity index (χ0v) is 11.0. The van der Waals surface area contributed by atoms with Crippen molar-refractivity contribution >= 4 is 32.3 Å². The van der Waals surface area contributed by atoms with E-state index in [1.54, 1.807) is 0 Å². The Kier molecular flexibility index (Phi) is 2.92. The first kappa shape index (κ1) is 11.2. The van der Waals surface area contributed by atoms with Crippen LogP contribution in [0.1, 0.15) is 16.4 Å². The van der Waals surface area contributed by atoms with Crippen molar-refractivity contribution in [2.75, 3.05) is 6.54 Å². The first-order valence-electron chi connectivity index (χ1n) is 5.04. The second-order valence-electron chi connectivity index (χ2n) is 3.67. The van der Waals surface area contributed by atoms with Crippen LogP contribution < -0.4 is 15.1 Å². The third-order valence-corrected chi connectivity index (χ3v) is 5.63. The number of para-hydroxylation sites is 1. The lowest BCUT2D eigenvalue weighted by Crippen LogP contribution is -2.31. The fraction of sp³-hybridized carbons (Fsp3) is 0.182. The van der Waals surface area contributed by atoms with Crippen molar-refractivity contribution in [3.8, 4) is 5.75 Å². The molecule has 0 spiro atoms. The molecule has 88 valence electrons. The lowest BCUT2D eigenvalue weighted by Gasteiger charge is -2.25. The topological polar surface area (TPSA) is 38.3 Å². The maximum absolute atomic E-state index is 11.4. The second kappa shape index (κ2) is 4.42. The molecule has 1 aromatic heterocycles. The number of hydroxylamine groups is 1. The molecule has 17 heavy (non-hydrogen) atoms. The third kappa shape index (κ3) is 1.89. The van der Waals surface area contributed by atoms with Gasteiger partial charge in [0, 0.05) is 22.9 Å². The summed E-state index contributed by atoms with van der Waals surface area (Å²) in [6, 6.07) is 7.79. The standard InChI is InChI=1S/C11H8ClNO2S2/c12-9-10(16-17-11(9)14)7-5-13-15-8-4-2-1-3-6(7)8/h1-4,7,13H,5H2. The van der Waals surface area contributed by atoms with Crippen molar-refractivity contribution in [3.05, 3.63) is 49.3 Å². The van der Waals surface area contributed by atoms with E-state index in [4.69, 9.17) is 16.4 Å². The van der Waals surface area contributed by atoms with Gasteiger partial charge >= 0.3 is 0 Å². The summed E-state index contributed by atoms with van der Waals surface area (Å²) in [6.45, 7) is 0.628. The lowest BCUT2D eigenvalue weighted by molar-refractivity contribution is 0.172. The van der Waals surface area contributed by atoms with E-state index in [0.717, 1.165) is 16.2 Å². The molecule has 1 aliphatic rings. The first-order valence-corrected chi connectivity index (χ1v) is 7.57. The van der Waals surface area contributed by atoms with E-state index >= 15 is 0 Å². The van der Waals surface area contributed by atoms with E-state index in [0.29, 0.717) is 11.6 Å². The summed E-state index contributed by atoms with van der Waals surface area (Å²) < 4.78 is -0.0596. The lowest BCUT2D eigenvalue weighted by atomic mass is 9.96. The number of fused-ring (bicyclic) bond motifs is 1. The number of nitrogens with one attached hydrogen (secondary N) is 1. The van der Waals surface area contributed by atoms with Crippen LogP contribution in [0.2, 0.25) is 5.02 Å². The van der Waals surface area contributed by atoms with Gasteiger partial charge in [0.15, 0.2) is 5.75 Å². The minimum atomic E-state index is -0.0596. The summed E-state index contributed by atoms with van der Waals surface area (Å²) in [5.74, 6) is 0.891. The molecule has 0 saturated carbocycles. The largest absolute Gasteiger partial charge is 0.408 e. The molecule has 1 aliphatic heterocycles. The molecule has 1 atom stereocenters. The monoisotopic (exact) mass is 285 g/mol. The molecule has 0 radical (unpaired) electrons. The predicted octanol–water partition coefficient (Wildman–Crippen LogP) is 2.85. The van der Waals surface area contributed by atoms with Crippen LogP contribution in [0.5, 0.6) is 5.75 Å². The van der Waals surface area contributed by atoms with Crippen LogP contribution in [0.15, 0.2) is 29.1 Å². The maximum atomic E-state index is 11.4. The van der Waals surface area contributed by atoms with Crippen molar-refractivity contribution < 1.29 is 4.84 Å². The maximum Gasteiger partial charge on any atom is 0.261 e. The summed E-state index contributed by atoms with van der Waals surface area (Å²) in [7, 11) is 2.63. The van der Waals surface area contributed by atoms with Gasteiger partial charge in [-0.1, -0.05) is 40.1 Å². The smallest absolute Gasteiger partial charge is 0.261 e. The molecule has 0 bridgehead atoms. The molecule has 1 N–H and O–H groups in total. The van der Waals surface area contributed by atoms with Gasteiger partial charge in [-0.25, -0.2) is 0 Å². The van der Waals surface area contributed by atoms with Gasteiger partial charge in [0.2, 0.25) is 0 Å². The third-order valence-electron chi connectivity index (χ3n) is 2.68. The highest BCUT2D eigenvalue weighted by atomic mass is 35.5. The zero-order chi connectivity index (χ0) is 11.8. The summed E-state index contributed by atoms with van der Waals surface area (Å²) in [6.07, 6.45) is 0. The normalized spacial score (nSPS) is 18.5. The Bertz CT molecular complexity index is 608. The van der Waals surface area contributed by atoms with E-state index in [1.807, 2.05) is 24.3 Å². The van der Waals surface area contributed by atoms with Gasteiger partial charge in [0.1, 0.15) is 5.02 Å². The van der Waals surface area contributed by atoms with Crippen LogP contribution in [-0.2, 0) is 0 Å². The Balaban J connectivity index is 2.12. The average molecular weight is 286 g/mol. The molecule has 0 fully saturated rings. The van der Waals surface area contributed by atoms with E-state index in [-0.39, 0.29) is 10.7 Å². The average Bonchev–Trinajstić information content (AvgIpc) is 2.69. The van der Waals surface area contributed by atoms with Crippen molar-refractivity contribution in [2.45, 2.75) is 5.92 Å². The molecule has 2 heterocycles. The minimum Gasteiger partial charge on any atom is -0.408 e. The quantitative estimate of drug-likeness (QED) is 0.819. The predicted molar refractivity (Wildman–Crippen MR) is 70.4 cm³/mol. The highest BCUT2D eigenvalue weighted by molar-refractivity contribution is 7.68. The van der Waals surface area contributed by atoms with Gasteiger partial charge in [-0.05, 0) is 16.4 Å². The van der Waals surface area contributed by atoms with Crippen LogP contribution in [0.25, 0.3) is 0 Å². The summed E-state index contributed by atoms with van der Waals surface area (Å²) in [5, 5.41) is 0.350. The highest BCUT2D eigenvalue weighted by Gasteiger charge is 2.27. The summed E-state index contributed by atoms with van der Waals surface area (Å²) in [4.78, 5) is 17.7. The number of halogens is 1. The molecule has 3 rings (SSSR count). The molecular weight excluding hydrogens is 278 g/mol. The zero-order valence-electron chi connectivity index (χ0n) is 8.60. The van der Waals surface area contributed by atoms with Gasteiger partial charge < -0.3 is 4.84 Å². The van der Waals surface area contributed by atoms with Gasteiger partial charge in [0.25, 0.3) is 4.74 Å². The van der Waals surface area contributed by atoms with Crippen LogP contribution in [0.4, 0.5) is 0 Å². The SMILES string of the molecule is O=c1ssc(C2CNOc3ccccc32)c1Cl. The number of rotatable bonds is 1. The first-order chi connectivity index (χ1) is 8.27. The Morgan fingerprint density at radius 2 is 2.18 bits per heavy atom. The van der Waals surface area contributed by atoms with E-state index in [1.165, 1.54) is 20.7 Å². The van der Waals surface area contributed by atoms with E-state index in [2.05, 4.69) is 5.48 Å². The molecule has 1 unspecified atom stereocenters. The molecule has 6 heteroatoms. The number of hydrogen-bond donors (Lipinski definition) is 1. The molecular formula is C11H8ClNO2S2. The molecule has 0 aliphatic carbocycles. The van der Waals surface area contributed by atoms with E-state index < -0.39 is 0 Å². The van der Waals surface area contributed by atoms with Crippen molar-refractivity contribution in [2.24, 2.45) is 0 Å². The minimum absolute atomic E-state index is 0.0596. The van der Waals surface area contributed by atoms with Crippen LogP contribution >= 0.6 is 32.3 Å². The Morgan fingerprint density at radius 1 is 1.35 bits per heavy atom. The van der Waals surface area contributed by atoms with Gasteiger partial charge in [-0.2, -0.15) is 5.48 Å². The Hall–Kier alpha value is -0.880. The Labute approximate surface area is 110 Å². The van der Waals surface area contributed by atoms with Crippen LogP contribution in [0, 0.1) is 0 Å². The number of benzene rings is 1. The molecule has 2 aromatic rings. The van der Waals surface area contributed by atoms with Gasteiger partial charge in [-0.3, -0.25) is 4.79 Å². The fourth-order valence-corrected chi connectivity index (χ4v) is 4.76. The molecule has 3 nitrogen and oxygen atoms in total. The second-order valence-corrected chi connectivity index (χ2v) is 6.20. The fourth-order valence-electron chi connectivity index (χ4n) is 1.88. The molecule has 1 aromatic carbocycles. The van der Waals surface area contributed by atoms with E-state index in [9.17, 15) is 4.79 Å².